The molecule has 0 radical (unpaired) electrons. The fourth-order valence-electron chi connectivity index (χ4n) is 4.27. The number of aryl methyl sites for hydroxylation is 1. The molecule has 0 fully saturated rings. The van der Waals surface area contributed by atoms with Crippen LogP contribution in [0.1, 0.15) is 48.7 Å². The second kappa shape index (κ2) is 8.88. The van der Waals surface area contributed by atoms with Gasteiger partial charge in [-0.15, -0.1) is 0 Å². The molecule has 164 valence electrons. The molecule has 0 atom stereocenters. The van der Waals surface area contributed by atoms with Gasteiger partial charge in [-0.1, -0.05) is 0 Å². The fraction of sp³-hybridized carbons (Fsp3) is 0.417. The van der Waals surface area contributed by atoms with E-state index in [-0.39, 0.29) is 11.8 Å². The molecule has 7 heteroatoms. The van der Waals surface area contributed by atoms with E-state index in [0.717, 1.165) is 36.2 Å². The maximum atomic E-state index is 13.1. The molecule has 2 amide bonds. The average Bonchev–Trinajstić information content (AvgIpc) is 3.07. The van der Waals surface area contributed by atoms with Gasteiger partial charge in [0.15, 0.2) is 11.5 Å². The van der Waals surface area contributed by atoms with Crippen LogP contribution in [0, 0.1) is 0 Å². The van der Waals surface area contributed by atoms with Crippen LogP contribution in [0.4, 0.5) is 11.4 Å². The minimum Gasteiger partial charge on any atom is -0.490 e. The van der Waals surface area contributed by atoms with Gasteiger partial charge < -0.3 is 24.4 Å². The minimum absolute atomic E-state index is 0.133. The van der Waals surface area contributed by atoms with E-state index in [0.29, 0.717) is 54.7 Å². The molecule has 0 aromatic heterocycles. The van der Waals surface area contributed by atoms with Crippen molar-refractivity contribution in [1.82, 2.24) is 0 Å². The Morgan fingerprint density at radius 1 is 0.968 bits per heavy atom. The predicted octanol–water partition coefficient (Wildman–Crippen LogP) is 3.97. The van der Waals surface area contributed by atoms with Crippen LogP contribution in [-0.4, -0.2) is 38.2 Å². The summed E-state index contributed by atoms with van der Waals surface area (Å²) in [6.45, 7) is 7.76. The number of carbonyl (C=O) groups is 2. The van der Waals surface area contributed by atoms with E-state index in [1.165, 1.54) is 0 Å². The first-order chi connectivity index (χ1) is 15.0. The average molecular weight is 424 g/mol. The molecule has 0 unspecified atom stereocenters. The first kappa shape index (κ1) is 21.0. The van der Waals surface area contributed by atoms with Gasteiger partial charge in [-0.25, -0.2) is 0 Å². The summed E-state index contributed by atoms with van der Waals surface area (Å²) in [7, 11) is 0. The normalized spacial score (nSPS) is 14.3. The van der Waals surface area contributed by atoms with E-state index >= 15 is 0 Å². The Hall–Kier alpha value is -3.22. The van der Waals surface area contributed by atoms with Crippen LogP contribution >= 0.6 is 0 Å². The summed E-state index contributed by atoms with van der Waals surface area (Å²) in [6.07, 6.45) is 2.23. The molecule has 2 aromatic carbocycles. The van der Waals surface area contributed by atoms with Crippen molar-refractivity contribution >= 4 is 23.2 Å². The summed E-state index contributed by atoms with van der Waals surface area (Å²) in [5, 5.41) is 2.99. The maximum absolute atomic E-state index is 13.1. The number of hydrogen-bond donors (Lipinski definition) is 1. The minimum atomic E-state index is -0.269. The van der Waals surface area contributed by atoms with Crippen LogP contribution in [0.25, 0.3) is 0 Å². The maximum Gasteiger partial charge on any atom is 0.255 e. The topological polar surface area (TPSA) is 77.1 Å². The second-order valence-corrected chi connectivity index (χ2v) is 7.52. The number of carbonyl (C=O) groups excluding carboxylic acids is 2. The first-order valence-corrected chi connectivity index (χ1v) is 10.9. The Kier molecular flexibility index (Phi) is 6.02. The Labute approximate surface area is 182 Å². The van der Waals surface area contributed by atoms with Crippen molar-refractivity contribution < 1.29 is 23.8 Å². The van der Waals surface area contributed by atoms with Crippen molar-refractivity contribution in [3.05, 3.63) is 41.0 Å². The number of amides is 2. The van der Waals surface area contributed by atoms with Gasteiger partial charge in [-0.2, -0.15) is 0 Å². The lowest BCUT2D eigenvalue weighted by Crippen LogP contribution is -2.31. The molecule has 4 rings (SSSR count). The monoisotopic (exact) mass is 424 g/mol. The van der Waals surface area contributed by atoms with Gasteiger partial charge in [0.1, 0.15) is 0 Å². The molecule has 2 heterocycles. The van der Waals surface area contributed by atoms with Gasteiger partial charge >= 0.3 is 0 Å². The standard InChI is InChI=1S/C24H28N2O5/c1-4-29-19-12-17(13-20(30-5-2)23(19)31-6-3)24(28)25-18-10-15-8-7-9-26-21(27)14-16(11-18)22(15)26/h10-13H,4-9,14H2,1-3H3,(H,25,28). The largest absolute Gasteiger partial charge is 0.490 e. The molecule has 7 nitrogen and oxygen atoms in total. The van der Waals surface area contributed by atoms with Gasteiger partial charge in [0, 0.05) is 17.8 Å². The molecule has 0 aliphatic carbocycles. The lowest BCUT2D eigenvalue weighted by atomic mass is 9.99. The summed E-state index contributed by atoms with van der Waals surface area (Å²) in [5.74, 6) is 1.32. The highest BCUT2D eigenvalue weighted by molar-refractivity contribution is 6.07. The number of anilines is 2. The number of nitrogens with zero attached hydrogens (tertiary/aromatic N) is 1. The molecule has 2 aromatic rings. The van der Waals surface area contributed by atoms with Gasteiger partial charge in [-0.05, 0) is 69.0 Å². The van der Waals surface area contributed by atoms with Crippen LogP contribution in [0.15, 0.2) is 24.3 Å². The van der Waals surface area contributed by atoms with Crippen molar-refractivity contribution in [2.75, 3.05) is 36.6 Å². The summed E-state index contributed by atoms with van der Waals surface area (Å²) < 4.78 is 17.2. The third-order valence-corrected chi connectivity index (χ3v) is 5.44. The van der Waals surface area contributed by atoms with E-state index in [1.54, 1.807) is 12.1 Å². The Bertz CT molecular complexity index is 990. The fourth-order valence-corrected chi connectivity index (χ4v) is 4.27. The second-order valence-electron chi connectivity index (χ2n) is 7.52. The van der Waals surface area contributed by atoms with Crippen molar-refractivity contribution in [3.63, 3.8) is 0 Å². The van der Waals surface area contributed by atoms with Crippen LogP contribution < -0.4 is 24.4 Å². The zero-order chi connectivity index (χ0) is 22.0. The highest BCUT2D eigenvalue weighted by Crippen LogP contribution is 2.41. The first-order valence-electron chi connectivity index (χ1n) is 10.9. The quantitative estimate of drug-likeness (QED) is 0.694. The predicted molar refractivity (Wildman–Crippen MR) is 119 cm³/mol. The number of benzene rings is 2. The van der Waals surface area contributed by atoms with Gasteiger partial charge in [-0.3, -0.25) is 9.59 Å². The van der Waals surface area contributed by atoms with E-state index in [2.05, 4.69) is 5.32 Å². The number of rotatable bonds is 8. The van der Waals surface area contributed by atoms with Gasteiger partial charge in [0.05, 0.1) is 31.9 Å². The van der Waals surface area contributed by atoms with E-state index in [9.17, 15) is 9.59 Å². The molecule has 0 bridgehead atoms. The van der Waals surface area contributed by atoms with Crippen molar-refractivity contribution in [1.29, 1.82) is 0 Å². The Morgan fingerprint density at radius 2 is 1.61 bits per heavy atom. The molecular weight excluding hydrogens is 396 g/mol. The van der Waals surface area contributed by atoms with Crippen LogP contribution in [0.2, 0.25) is 0 Å². The van der Waals surface area contributed by atoms with Gasteiger partial charge in [0.25, 0.3) is 5.91 Å². The zero-order valence-corrected chi connectivity index (χ0v) is 18.2. The molecule has 2 aliphatic heterocycles. The Balaban J connectivity index is 1.65. The molecule has 0 saturated heterocycles. The van der Waals surface area contributed by atoms with Crippen molar-refractivity contribution in [3.8, 4) is 17.2 Å². The highest BCUT2D eigenvalue weighted by atomic mass is 16.5. The van der Waals surface area contributed by atoms with Crippen LogP contribution in [-0.2, 0) is 17.6 Å². The lowest BCUT2D eigenvalue weighted by molar-refractivity contribution is -0.117. The van der Waals surface area contributed by atoms with E-state index in [1.807, 2.05) is 37.8 Å². The SMILES string of the molecule is CCOc1cc(C(=O)Nc2cc3c4c(c2)CC(=O)N4CCC3)cc(OCC)c1OCC. The lowest BCUT2D eigenvalue weighted by Gasteiger charge is -2.26. The number of nitrogens with one attached hydrogen (secondary N) is 1. The van der Waals surface area contributed by atoms with Gasteiger partial charge in [0.2, 0.25) is 11.7 Å². The number of ether oxygens (including phenoxy) is 3. The van der Waals surface area contributed by atoms with Crippen LogP contribution in [0.3, 0.4) is 0 Å². The Morgan fingerprint density at radius 3 is 2.26 bits per heavy atom. The molecular formula is C24H28N2O5. The summed E-state index contributed by atoms with van der Waals surface area (Å²) in [6, 6.07) is 7.23. The molecule has 2 aliphatic rings. The molecule has 31 heavy (non-hydrogen) atoms. The summed E-state index contributed by atoms with van der Waals surface area (Å²) in [5.41, 5.74) is 4.24. The third-order valence-electron chi connectivity index (χ3n) is 5.44. The van der Waals surface area contributed by atoms with E-state index < -0.39 is 0 Å². The summed E-state index contributed by atoms with van der Waals surface area (Å²) in [4.78, 5) is 27.3. The molecule has 1 N–H and O–H groups in total. The van der Waals surface area contributed by atoms with E-state index in [4.69, 9.17) is 14.2 Å². The molecule has 0 saturated carbocycles. The zero-order valence-electron chi connectivity index (χ0n) is 18.2. The third kappa shape index (κ3) is 4.04. The van der Waals surface area contributed by atoms with Crippen molar-refractivity contribution in [2.45, 2.75) is 40.0 Å². The highest BCUT2D eigenvalue weighted by Gasteiger charge is 2.32. The number of hydrogen-bond acceptors (Lipinski definition) is 5. The molecule has 0 spiro atoms. The summed E-state index contributed by atoms with van der Waals surface area (Å²) >= 11 is 0. The smallest absolute Gasteiger partial charge is 0.255 e. The van der Waals surface area contributed by atoms with Crippen LogP contribution in [0.5, 0.6) is 17.2 Å². The van der Waals surface area contributed by atoms with Crippen molar-refractivity contribution in [2.24, 2.45) is 0 Å².